The van der Waals surface area contributed by atoms with Gasteiger partial charge in [-0.2, -0.15) is 0 Å². The molecule has 0 aliphatic heterocycles. The van der Waals surface area contributed by atoms with Gasteiger partial charge in [-0.15, -0.1) is 0 Å². The van der Waals surface area contributed by atoms with Crippen molar-refractivity contribution in [3.8, 4) is 34.0 Å². The number of hydrogen-bond donors (Lipinski definition) is 0. The van der Waals surface area contributed by atoms with E-state index < -0.39 is 5.97 Å². The Morgan fingerprint density at radius 1 is 0.667 bits per heavy atom. The summed E-state index contributed by atoms with van der Waals surface area (Å²) in [5, 5.41) is 0. The van der Waals surface area contributed by atoms with Crippen molar-refractivity contribution in [2.75, 3.05) is 0 Å². The van der Waals surface area contributed by atoms with Gasteiger partial charge in [-0.25, -0.2) is 14.8 Å². The lowest BCUT2D eigenvalue weighted by molar-refractivity contribution is 0.0718. The van der Waals surface area contributed by atoms with Crippen LogP contribution in [0.15, 0.2) is 104 Å². The van der Waals surface area contributed by atoms with E-state index in [1.54, 1.807) is 42.1 Å². The van der Waals surface area contributed by atoms with Crippen LogP contribution in [0.5, 0.6) is 11.5 Å². The maximum Gasteiger partial charge on any atom is 0.379 e. The molecule has 0 spiro atoms. The summed E-state index contributed by atoms with van der Waals surface area (Å²) in [6.45, 7) is 4.03. The summed E-state index contributed by atoms with van der Waals surface area (Å²) in [4.78, 5) is 21.8. The number of rotatable bonds is 7. The summed E-state index contributed by atoms with van der Waals surface area (Å²) in [5.41, 5.74) is 3.49. The third kappa shape index (κ3) is 4.81. The molecule has 36 heavy (non-hydrogen) atoms. The fourth-order valence-electron chi connectivity index (χ4n) is 3.79. The molecule has 0 aliphatic carbocycles. The van der Waals surface area contributed by atoms with Crippen LogP contribution in [0, 0.1) is 0 Å². The third-order valence-corrected chi connectivity index (χ3v) is 5.60. The van der Waals surface area contributed by atoms with Crippen molar-refractivity contribution in [3.63, 3.8) is 0 Å². The highest BCUT2D eigenvalue weighted by atomic mass is 16.5. The fourth-order valence-corrected chi connectivity index (χ4v) is 3.79. The van der Waals surface area contributed by atoms with Crippen molar-refractivity contribution < 1.29 is 14.3 Å². The molecule has 7 nitrogen and oxygen atoms in total. The van der Waals surface area contributed by atoms with Crippen LogP contribution >= 0.6 is 0 Å². The van der Waals surface area contributed by atoms with Gasteiger partial charge in [0.05, 0.1) is 11.4 Å². The van der Waals surface area contributed by atoms with E-state index in [9.17, 15) is 4.79 Å². The number of esters is 1. The van der Waals surface area contributed by atoms with Gasteiger partial charge in [0.25, 0.3) is 0 Å². The number of nitrogens with zero attached hydrogens (tertiary/aromatic N) is 4. The van der Waals surface area contributed by atoms with Crippen LogP contribution in [0.25, 0.3) is 28.3 Å². The lowest BCUT2D eigenvalue weighted by Gasteiger charge is -2.09. The van der Waals surface area contributed by atoms with Crippen molar-refractivity contribution in [3.05, 3.63) is 116 Å². The Kier molecular flexibility index (Phi) is 6.19. The summed E-state index contributed by atoms with van der Waals surface area (Å²) in [6, 6.07) is 26.3. The SMILES string of the molecule is C=C(Oc1ccc(OC(=O)c2nc(-c3ccccc3)cn2C)cc1)c1nc(-c2ccccc2)cn1C. The van der Waals surface area contributed by atoms with Crippen molar-refractivity contribution in [2.45, 2.75) is 0 Å². The molecule has 0 fully saturated rings. The lowest BCUT2D eigenvalue weighted by Crippen LogP contribution is -2.14. The van der Waals surface area contributed by atoms with E-state index in [4.69, 9.17) is 9.47 Å². The minimum Gasteiger partial charge on any atom is -0.454 e. The number of ether oxygens (including phenoxy) is 2. The maximum absolute atomic E-state index is 12.7. The molecule has 5 rings (SSSR count). The third-order valence-electron chi connectivity index (χ3n) is 5.60. The number of imidazole rings is 2. The molecule has 178 valence electrons. The van der Waals surface area contributed by atoms with E-state index in [-0.39, 0.29) is 5.82 Å². The Labute approximate surface area is 208 Å². The van der Waals surface area contributed by atoms with E-state index in [0.717, 1.165) is 16.8 Å². The van der Waals surface area contributed by atoms with E-state index in [1.807, 2.05) is 78.5 Å². The molecule has 0 saturated carbocycles. The molecule has 0 aliphatic rings. The first-order valence-electron chi connectivity index (χ1n) is 11.3. The van der Waals surface area contributed by atoms with E-state index in [1.165, 1.54) is 0 Å². The Hall–Kier alpha value is -4.91. The molecule has 0 unspecified atom stereocenters. The van der Waals surface area contributed by atoms with Crippen LogP contribution in [0.4, 0.5) is 0 Å². The molecule has 0 radical (unpaired) electrons. The molecular weight excluding hydrogens is 452 g/mol. The Morgan fingerprint density at radius 3 is 1.64 bits per heavy atom. The molecule has 0 bridgehead atoms. The second kappa shape index (κ2) is 9.76. The highest BCUT2D eigenvalue weighted by Crippen LogP contribution is 2.25. The summed E-state index contributed by atoms with van der Waals surface area (Å²) in [7, 11) is 3.66. The van der Waals surface area contributed by atoms with Crippen LogP contribution in [-0.4, -0.2) is 25.1 Å². The van der Waals surface area contributed by atoms with Gasteiger partial charge >= 0.3 is 5.97 Å². The first-order chi connectivity index (χ1) is 17.5. The Balaban J connectivity index is 1.25. The van der Waals surface area contributed by atoms with Gasteiger partial charge in [0.15, 0.2) is 11.6 Å². The highest BCUT2D eigenvalue weighted by molar-refractivity contribution is 5.88. The van der Waals surface area contributed by atoms with Gasteiger partial charge in [-0.1, -0.05) is 67.2 Å². The van der Waals surface area contributed by atoms with Crippen LogP contribution in [0.3, 0.4) is 0 Å². The Bertz CT molecular complexity index is 1400. The van der Waals surface area contributed by atoms with Gasteiger partial charge in [-0.3, -0.25) is 0 Å². The van der Waals surface area contributed by atoms with Crippen molar-refractivity contribution in [1.29, 1.82) is 0 Å². The minimum absolute atomic E-state index is 0.214. The normalized spacial score (nSPS) is 10.7. The van der Waals surface area contributed by atoms with E-state index in [0.29, 0.717) is 28.8 Å². The molecule has 0 saturated heterocycles. The van der Waals surface area contributed by atoms with Crippen molar-refractivity contribution in [2.24, 2.45) is 14.1 Å². The number of aromatic nitrogens is 4. The minimum atomic E-state index is -0.542. The predicted molar refractivity (Wildman–Crippen MR) is 138 cm³/mol. The van der Waals surface area contributed by atoms with Gasteiger partial charge in [-0.05, 0) is 24.3 Å². The largest absolute Gasteiger partial charge is 0.454 e. The summed E-state index contributed by atoms with van der Waals surface area (Å²) < 4.78 is 15.0. The van der Waals surface area contributed by atoms with Gasteiger partial charge < -0.3 is 18.6 Å². The summed E-state index contributed by atoms with van der Waals surface area (Å²) >= 11 is 0. The number of carbonyl (C=O) groups is 1. The van der Waals surface area contributed by atoms with Gasteiger partial charge in [0, 0.05) is 37.6 Å². The zero-order valence-electron chi connectivity index (χ0n) is 20.0. The first-order valence-corrected chi connectivity index (χ1v) is 11.3. The summed E-state index contributed by atoms with van der Waals surface area (Å²) in [6.07, 6.45) is 3.73. The maximum atomic E-state index is 12.7. The molecule has 3 aromatic carbocycles. The highest BCUT2D eigenvalue weighted by Gasteiger charge is 2.18. The van der Waals surface area contributed by atoms with Crippen LogP contribution in [0.2, 0.25) is 0 Å². The lowest BCUT2D eigenvalue weighted by atomic mass is 10.2. The first kappa shape index (κ1) is 22.9. The molecule has 2 aromatic heterocycles. The summed E-state index contributed by atoms with van der Waals surface area (Å²) in [5.74, 6) is 1.63. The van der Waals surface area contributed by atoms with Crippen LogP contribution in [-0.2, 0) is 14.1 Å². The molecule has 2 heterocycles. The second-order valence-electron chi connectivity index (χ2n) is 8.24. The van der Waals surface area contributed by atoms with E-state index in [2.05, 4.69) is 16.5 Å². The molecule has 0 N–H and O–H groups in total. The molecular formula is C29H24N4O3. The topological polar surface area (TPSA) is 71.2 Å². The number of benzene rings is 3. The molecule has 7 heteroatoms. The molecule has 5 aromatic rings. The zero-order chi connectivity index (χ0) is 25.1. The van der Waals surface area contributed by atoms with Crippen LogP contribution < -0.4 is 9.47 Å². The van der Waals surface area contributed by atoms with Gasteiger partial charge in [0.2, 0.25) is 5.82 Å². The Morgan fingerprint density at radius 2 is 1.11 bits per heavy atom. The monoisotopic (exact) mass is 476 g/mol. The number of carbonyl (C=O) groups excluding carboxylic acids is 1. The average Bonchev–Trinajstić information content (AvgIpc) is 3.49. The van der Waals surface area contributed by atoms with Gasteiger partial charge in [0.1, 0.15) is 11.5 Å². The standard InChI is InChI=1S/C29H24N4O3/c1-20(27-30-25(18-32(27)2)21-10-6-4-7-11-21)35-23-14-16-24(17-15-23)36-29(34)28-31-26(19-33(28)3)22-12-8-5-9-13-22/h4-19H,1H2,2-3H3. The van der Waals surface area contributed by atoms with Crippen molar-refractivity contribution >= 4 is 11.7 Å². The smallest absolute Gasteiger partial charge is 0.379 e. The fraction of sp³-hybridized carbons (Fsp3) is 0.0690. The molecule has 0 atom stereocenters. The van der Waals surface area contributed by atoms with Crippen LogP contribution in [0.1, 0.15) is 16.4 Å². The number of aryl methyl sites for hydroxylation is 2. The molecule has 0 amide bonds. The number of hydrogen-bond acceptors (Lipinski definition) is 5. The second-order valence-corrected chi connectivity index (χ2v) is 8.24. The van der Waals surface area contributed by atoms with E-state index >= 15 is 0 Å². The quantitative estimate of drug-likeness (QED) is 0.170. The zero-order valence-corrected chi connectivity index (χ0v) is 20.0. The van der Waals surface area contributed by atoms with Crippen molar-refractivity contribution in [1.82, 2.24) is 19.1 Å². The predicted octanol–water partition coefficient (Wildman–Crippen LogP) is 5.76. The average molecular weight is 477 g/mol.